The molecule has 0 bridgehead atoms. The van der Waals surface area contributed by atoms with Crippen molar-refractivity contribution in [1.82, 2.24) is 15.2 Å². The molecule has 1 N–H and O–H groups in total. The number of hydrogen-bond donors (Lipinski definition) is 1. The molecule has 2 heterocycles. The smallest absolute Gasteiger partial charge is 0.265 e. The Morgan fingerprint density at radius 2 is 2.17 bits per heavy atom. The first-order valence-electron chi connectivity index (χ1n) is 8.14. The Morgan fingerprint density at radius 3 is 2.91 bits per heavy atom. The van der Waals surface area contributed by atoms with E-state index in [2.05, 4.69) is 22.4 Å². The summed E-state index contributed by atoms with van der Waals surface area (Å²) in [4.78, 5) is 20.2. The Morgan fingerprint density at radius 1 is 1.39 bits per heavy atom. The average Bonchev–Trinajstić information content (AvgIpc) is 2.95. The van der Waals surface area contributed by atoms with Crippen molar-refractivity contribution in [2.75, 3.05) is 20.1 Å². The molecule has 122 valence electrons. The fraction of sp³-hybridized carbons (Fsp3) is 0.444. The van der Waals surface area contributed by atoms with Gasteiger partial charge in [0.05, 0.1) is 10.7 Å². The molecule has 1 aromatic heterocycles. The number of likely N-dealkylation sites (tertiary alicyclic amines) is 1. The second-order valence-electron chi connectivity index (χ2n) is 6.06. The van der Waals surface area contributed by atoms with Gasteiger partial charge in [0.25, 0.3) is 5.91 Å². The molecule has 4 nitrogen and oxygen atoms in total. The molecule has 3 rings (SSSR count). The van der Waals surface area contributed by atoms with E-state index >= 15 is 0 Å². The number of likely N-dealkylation sites (N-methyl/N-ethyl adjacent to an activating group) is 1. The maximum Gasteiger partial charge on any atom is 0.265 e. The highest BCUT2D eigenvalue weighted by molar-refractivity contribution is 7.13. The molecule has 1 aliphatic rings. The number of benzene rings is 1. The van der Waals surface area contributed by atoms with Crippen molar-refractivity contribution in [1.29, 1.82) is 0 Å². The highest BCUT2D eigenvalue weighted by atomic mass is 32.1. The molecule has 1 aromatic carbocycles. The summed E-state index contributed by atoms with van der Waals surface area (Å²) in [5, 5.41) is 4.30. The van der Waals surface area contributed by atoms with E-state index in [-0.39, 0.29) is 5.91 Å². The first-order chi connectivity index (χ1) is 11.2. The van der Waals surface area contributed by atoms with E-state index in [1.165, 1.54) is 5.56 Å². The minimum Gasteiger partial charge on any atom is -0.336 e. The van der Waals surface area contributed by atoms with Gasteiger partial charge < -0.3 is 10.2 Å². The summed E-state index contributed by atoms with van der Waals surface area (Å²) in [6.45, 7) is 3.58. The Balaban J connectivity index is 1.74. The van der Waals surface area contributed by atoms with Gasteiger partial charge in [0.2, 0.25) is 0 Å². The van der Waals surface area contributed by atoms with Crippen molar-refractivity contribution in [2.45, 2.75) is 32.2 Å². The van der Waals surface area contributed by atoms with Crippen LogP contribution in [0, 0.1) is 6.92 Å². The highest BCUT2D eigenvalue weighted by Gasteiger charge is 2.26. The summed E-state index contributed by atoms with van der Waals surface area (Å²) in [5.74, 6) is 0.138. The summed E-state index contributed by atoms with van der Waals surface area (Å²) in [6.07, 6.45) is 2.99. The largest absolute Gasteiger partial charge is 0.336 e. The second kappa shape index (κ2) is 7.23. The minimum absolute atomic E-state index is 0.138. The van der Waals surface area contributed by atoms with Crippen LogP contribution >= 0.6 is 11.3 Å². The molecule has 0 spiro atoms. The Kier molecular flexibility index (Phi) is 5.08. The zero-order chi connectivity index (χ0) is 16.2. The number of aromatic nitrogens is 1. The molecule has 1 amide bonds. The lowest BCUT2D eigenvalue weighted by Crippen LogP contribution is -2.46. The van der Waals surface area contributed by atoms with Gasteiger partial charge >= 0.3 is 0 Å². The third-order valence-electron chi connectivity index (χ3n) is 4.35. The number of nitrogens with zero attached hydrogens (tertiary/aromatic N) is 2. The Labute approximate surface area is 141 Å². The quantitative estimate of drug-likeness (QED) is 0.938. The predicted octanol–water partition coefficient (Wildman–Crippen LogP) is 2.87. The van der Waals surface area contributed by atoms with Crippen LogP contribution in [-0.2, 0) is 6.42 Å². The summed E-state index contributed by atoms with van der Waals surface area (Å²) in [5.41, 5.74) is 2.09. The second-order valence-corrected chi connectivity index (χ2v) is 7.15. The molecule has 0 radical (unpaired) electrons. The molecule has 1 unspecified atom stereocenters. The number of nitrogens with one attached hydrogen (secondary N) is 1. The zero-order valence-electron chi connectivity index (χ0n) is 13.7. The van der Waals surface area contributed by atoms with Crippen LogP contribution in [0.4, 0.5) is 0 Å². The number of carbonyl (C=O) groups is 1. The van der Waals surface area contributed by atoms with Crippen LogP contribution in [0.1, 0.15) is 38.8 Å². The molecule has 1 saturated heterocycles. The number of aryl methyl sites for hydroxylation is 1. The third-order valence-corrected chi connectivity index (χ3v) is 5.50. The average molecular weight is 329 g/mol. The van der Waals surface area contributed by atoms with E-state index in [1.54, 1.807) is 11.3 Å². The number of rotatable bonds is 4. The van der Waals surface area contributed by atoms with Crippen molar-refractivity contribution >= 4 is 17.2 Å². The first kappa shape index (κ1) is 16.1. The molecule has 5 heteroatoms. The lowest BCUT2D eigenvalue weighted by Gasteiger charge is -2.32. The molecule has 2 aromatic rings. The van der Waals surface area contributed by atoms with Gasteiger partial charge in [-0.1, -0.05) is 30.3 Å². The van der Waals surface area contributed by atoms with E-state index in [4.69, 9.17) is 0 Å². The van der Waals surface area contributed by atoms with Gasteiger partial charge in [-0.2, -0.15) is 0 Å². The van der Waals surface area contributed by atoms with E-state index < -0.39 is 0 Å². The topological polar surface area (TPSA) is 45.2 Å². The van der Waals surface area contributed by atoms with Crippen LogP contribution in [0.3, 0.4) is 0 Å². The molecule has 23 heavy (non-hydrogen) atoms. The van der Waals surface area contributed by atoms with Crippen molar-refractivity contribution in [3.8, 4) is 0 Å². The number of piperidine rings is 1. The molecular weight excluding hydrogens is 306 g/mol. The lowest BCUT2D eigenvalue weighted by molar-refractivity contribution is 0.0702. The fourth-order valence-corrected chi connectivity index (χ4v) is 4.10. The summed E-state index contributed by atoms with van der Waals surface area (Å²) >= 11 is 1.54. The van der Waals surface area contributed by atoms with E-state index in [9.17, 15) is 4.79 Å². The maximum absolute atomic E-state index is 12.8. The number of amides is 1. The maximum atomic E-state index is 12.8. The fourth-order valence-electron chi connectivity index (χ4n) is 3.04. The molecule has 0 saturated carbocycles. The molecule has 1 aliphatic heterocycles. The van der Waals surface area contributed by atoms with Crippen molar-refractivity contribution in [3.05, 3.63) is 51.5 Å². The van der Waals surface area contributed by atoms with Crippen molar-refractivity contribution in [3.63, 3.8) is 0 Å². The minimum atomic E-state index is 0.138. The highest BCUT2D eigenvalue weighted by Crippen LogP contribution is 2.24. The standard InChI is InChI=1S/C18H23N3OS/c1-13-17(18(22)21-10-6-9-15(12-21)19-2)23-16(20-13)11-14-7-4-3-5-8-14/h3-5,7-8,15,19H,6,9-12H2,1-2H3. The van der Waals surface area contributed by atoms with Gasteiger partial charge in [-0.15, -0.1) is 11.3 Å². The van der Waals surface area contributed by atoms with Gasteiger partial charge in [-0.3, -0.25) is 4.79 Å². The van der Waals surface area contributed by atoms with Gasteiger partial charge in [0.15, 0.2) is 0 Å². The van der Waals surface area contributed by atoms with Crippen LogP contribution in [-0.4, -0.2) is 42.0 Å². The first-order valence-corrected chi connectivity index (χ1v) is 8.96. The van der Waals surface area contributed by atoms with E-state index in [0.29, 0.717) is 6.04 Å². The number of carbonyl (C=O) groups excluding carboxylic acids is 1. The normalized spacial score (nSPS) is 18.2. The molecule has 0 aliphatic carbocycles. The predicted molar refractivity (Wildman–Crippen MR) is 94.1 cm³/mol. The van der Waals surface area contributed by atoms with Crippen LogP contribution in [0.25, 0.3) is 0 Å². The summed E-state index contributed by atoms with van der Waals surface area (Å²) < 4.78 is 0. The van der Waals surface area contributed by atoms with Crippen molar-refractivity contribution in [2.24, 2.45) is 0 Å². The number of hydrogen-bond acceptors (Lipinski definition) is 4. The lowest BCUT2D eigenvalue weighted by atomic mass is 10.1. The Bertz CT molecular complexity index is 668. The van der Waals surface area contributed by atoms with Crippen molar-refractivity contribution < 1.29 is 4.79 Å². The monoisotopic (exact) mass is 329 g/mol. The van der Waals surface area contributed by atoms with Crippen LogP contribution in [0.5, 0.6) is 0 Å². The van der Waals surface area contributed by atoms with Crippen LogP contribution in [0.2, 0.25) is 0 Å². The molecule has 1 atom stereocenters. The van der Waals surface area contributed by atoms with Gasteiger partial charge in [-0.05, 0) is 32.4 Å². The SMILES string of the molecule is CNC1CCCN(C(=O)c2sc(Cc3ccccc3)nc2C)C1. The summed E-state index contributed by atoms with van der Waals surface area (Å²) in [6, 6.07) is 10.7. The van der Waals surface area contributed by atoms with Crippen LogP contribution in [0.15, 0.2) is 30.3 Å². The number of thiazole rings is 1. The zero-order valence-corrected chi connectivity index (χ0v) is 14.5. The van der Waals surface area contributed by atoms with E-state index in [1.807, 2.05) is 37.1 Å². The molecule has 1 fully saturated rings. The van der Waals surface area contributed by atoms with Gasteiger partial charge in [-0.25, -0.2) is 4.98 Å². The van der Waals surface area contributed by atoms with Gasteiger partial charge in [0, 0.05) is 25.6 Å². The third kappa shape index (κ3) is 3.79. The van der Waals surface area contributed by atoms with Crippen LogP contribution < -0.4 is 5.32 Å². The summed E-state index contributed by atoms with van der Waals surface area (Å²) in [7, 11) is 1.97. The molecular formula is C18H23N3OS. The van der Waals surface area contributed by atoms with Gasteiger partial charge in [0.1, 0.15) is 4.88 Å². The van der Waals surface area contributed by atoms with E-state index in [0.717, 1.165) is 47.9 Å². The Hall–Kier alpha value is -1.72.